The number of aryl methyl sites for hydroxylation is 1. The maximum atomic E-state index is 5.83. The van der Waals surface area contributed by atoms with Gasteiger partial charge >= 0.3 is 0 Å². The first kappa shape index (κ1) is 13.5. The minimum Gasteiger partial charge on any atom is -0.329 e. The lowest BCUT2D eigenvalue weighted by Gasteiger charge is -2.43. The monoisotopic (exact) mass is 251 g/mol. The van der Waals surface area contributed by atoms with Gasteiger partial charge in [-0.05, 0) is 13.8 Å². The predicted molar refractivity (Wildman–Crippen MR) is 73.2 cm³/mol. The molecule has 0 aliphatic carbocycles. The van der Waals surface area contributed by atoms with E-state index in [0.29, 0.717) is 0 Å². The van der Waals surface area contributed by atoms with E-state index in [9.17, 15) is 0 Å². The van der Waals surface area contributed by atoms with E-state index in [0.717, 1.165) is 39.3 Å². The fourth-order valence-electron chi connectivity index (χ4n) is 2.45. The Morgan fingerprint density at radius 2 is 1.94 bits per heavy atom. The van der Waals surface area contributed by atoms with Crippen LogP contribution in [0.2, 0.25) is 0 Å². The number of nitrogens with zero attached hydrogens (tertiary/aromatic N) is 4. The molecule has 1 saturated heterocycles. The molecular weight excluding hydrogens is 226 g/mol. The first-order chi connectivity index (χ1) is 8.51. The lowest BCUT2D eigenvalue weighted by Crippen LogP contribution is -2.57. The molecule has 0 aromatic carbocycles. The number of hydrogen-bond donors (Lipinski definition) is 1. The Hall–Kier alpha value is -0.910. The zero-order chi connectivity index (χ0) is 13.2. The Bertz CT molecular complexity index is 376. The molecule has 2 heterocycles. The van der Waals surface area contributed by atoms with Gasteiger partial charge < -0.3 is 5.73 Å². The molecule has 5 nitrogen and oxygen atoms in total. The molecule has 2 rings (SSSR count). The lowest BCUT2D eigenvalue weighted by molar-refractivity contribution is 0.0538. The van der Waals surface area contributed by atoms with E-state index in [1.807, 2.05) is 17.9 Å². The normalized spacial score (nSPS) is 19.3. The van der Waals surface area contributed by atoms with Gasteiger partial charge in [-0.1, -0.05) is 0 Å². The SMILES string of the molecule is Cn1cc(CN2CCN(C(C)(C)CN)CC2)cn1. The third kappa shape index (κ3) is 3.10. The Morgan fingerprint density at radius 1 is 1.28 bits per heavy atom. The van der Waals surface area contributed by atoms with Crippen molar-refractivity contribution in [3.63, 3.8) is 0 Å². The van der Waals surface area contributed by atoms with Gasteiger partial charge in [-0.3, -0.25) is 14.5 Å². The molecule has 0 saturated carbocycles. The summed E-state index contributed by atoms with van der Waals surface area (Å²) in [5.74, 6) is 0. The van der Waals surface area contributed by atoms with Gasteiger partial charge in [0.05, 0.1) is 6.20 Å². The molecule has 0 spiro atoms. The van der Waals surface area contributed by atoms with Crippen molar-refractivity contribution in [2.24, 2.45) is 12.8 Å². The Balaban J connectivity index is 1.83. The highest BCUT2D eigenvalue weighted by Crippen LogP contribution is 2.16. The molecule has 1 fully saturated rings. The van der Waals surface area contributed by atoms with Crippen molar-refractivity contribution >= 4 is 0 Å². The first-order valence-electron chi connectivity index (χ1n) is 6.66. The number of aromatic nitrogens is 2. The van der Waals surface area contributed by atoms with E-state index in [2.05, 4.69) is 34.9 Å². The Labute approximate surface area is 110 Å². The zero-order valence-electron chi connectivity index (χ0n) is 11.8. The van der Waals surface area contributed by atoms with Crippen LogP contribution in [0.5, 0.6) is 0 Å². The van der Waals surface area contributed by atoms with E-state index in [4.69, 9.17) is 5.73 Å². The molecule has 5 heteroatoms. The van der Waals surface area contributed by atoms with Gasteiger partial charge in [-0.25, -0.2) is 0 Å². The van der Waals surface area contributed by atoms with E-state index in [-0.39, 0.29) is 5.54 Å². The highest BCUT2D eigenvalue weighted by molar-refractivity contribution is 5.03. The van der Waals surface area contributed by atoms with Crippen LogP contribution in [0, 0.1) is 0 Å². The third-order valence-electron chi connectivity index (χ3n) is 3.89. The topological polar surface area (TPSA) is 50.3 Å². The molecule has 0 amide bonds. The summed E-state index contributed by atoms with van der Waals surface area (Å²) in [6.07, 6.45) is 4.05. The van der Waals surface area contributed by atoms with Crippen molar-refractivity contribution in [1.29, 1.82) is 0 Å². The molecular formula is C13H25N5. The van der Waals surface area contributed by atoms with Crippen LogP contribution in [0.4, 0.5) is 0 Å². The second-order valence-electron chi connectivity index (χ2n) is 5.80. The van der Waals surface area contributed by atoms with E-state index in [1.165, 1.54) is 5.56 Å². The van der Waals surface area contributed by atoms with Crippen LogP contribution in [0.25, 0.3) is 0 Å². The summed E-state index contributed by atoms with van der Waals surface area (Å²) in [6, 6.07) is 0. The van der Waals surface area contributed by atoms with Crippen molar-refractivity contribution in [2.75, 3.05) is 32.7 Å². The molecule has 0 radical (unpaired) electrons. The van der Waals surface area contributed by atoms with E-state index >= 15 is 0 Å². The smallest absolute Gasteiger partial charge is 0.0534 e. The van der Waals surface area contributed by atoms with Gasteiger partial charge in [0, 0.05) is 63.6 Å². The van der Waals surface area contributed by atoms with Crippen LogP contribution >= 0.6 is 0 Å². The van der Waals surface area contributed by atoms with Gasteiger partial charge in [0.1, 0.15) is 0 Å². The van der Waals surface area contributed by atoms with Crippen molar-refractivity contribution in [1.82, 2.24) is 19.6 Å². The van der Waals surface area contributed by atoms with Crippen LogP contribution < -0.4 is 5.73 Å². The van der Waals surface area contributed by atoms with Gasteiger partial charge in [0.25, 0.3) is 0 Å². The minimum absolute atomic E-state index is 0.125. The van der Waals surface area contributed by atoms with Crippen molar-refractivity contribution in [3.05, 3.63) is 18.0 Å². The van der Waals surface area contributed by atoms with Crippen molar-refractivity contribution in [2.45, 2.75) is 25.9 Å². The number of piperazine rings is 1. The molecule has 0 bridgehead atoms. The minimum atomic E-state index is 0.125. The molecule has 2 N–H and O–H groups in total. The zero-order valence-corrected chi connectivity index (χ0v) is 11.8. The highest BCUT2D eigenvalue weighted by atomic mass is 15.3. The molecule has 0 atom stereocenters. The second-order valence-corrected chi connectivity index (χ2v) is 5.80. The van der Waals surface area contributed by atoms with Crippen molar-refractivity contribution in [3.8, 4) is 0 Å². The summed E-state index contributed by atoms with van der Waals surface area (Å²) < 4.78 is 1.86. The molecule has 18 heavy (non-hydrogen) atoms. The quantitative estimate of drug-likeness (QED) is 0.835. The molecule has 1 aromatic rings. The summed E-state index contributed by atoms with van der Waals surface area (Å²) in [5.41, 5.74) is 7.25. The molecule has 102 valence electrons. The summed E-state index contributed by atoms with van der Waals surface area (Å²) in [4.78, 5) is 4.98. The predicted octanol–water partition coefficient (Wildman–Crippen LogP) is 0.275. The van der Waals surface area contributed by atoms with Crippen LogP contribution in [-0.2, 0) is 13.6 Å². The van der Waals surface area contributed by atoms with Gasteiger partial charge in [-0.15, -0.1) is 0 Å². The first-order valence-corrected chi connectivity index (χ1v) is 6.66. The van der Waals surface area contributed by atoms with Gasteiger partial charge in [-0.2, -0.15) is 5.10 Å². The molecule has 1 aliphatic rings. The van der Waals surface area contributed by atoms with Crippen LogP contribution in [0.15, 0.2) is 12.4 Å². The molecule has 0 unspecified atom stereocenters. The second kappa shape index (κ2) is 5.38. The molecule has 1 aliphatic heterocycles. The van der Waals surface area contributed by atoms with Gasteiger partial charge in [0.2, 0.25) is 0 Å². The number of nitrogens with two attached hydrogens (primary N) is 1. The van der Waals surface area contributed by atoms with Crippen LogP contribution in [0.3, 0.4) is 0 Å². The maximum Gasteiger partial charge on any atom is 0.0534 e. The van der Waals surface area contributed by atoms with Crippen molar-refractivity contribution < 1.29 is 0 Å². The van der Waals surface area contributed by atoms with E-state index in [1.54, 1.807) is 0 Å². The Morgan fingerprint density at radius 3 is 2.44 bits per heavy atom. The summed E-state index contributed by atoms with van der Waals surface area (Å²) in [6.45, 7) is 10.6. The average molecular weight is 251 g/mol. The average Bonchev–Trinajstić information content (AvgIpc) is 2.75. The number of hydrogen-bond acceptors (Lipinski definition) is 4. The third-order valence-corrected chi connectivity index (χ3v) is 3.89. The summed E-state index contributed by atoms with van der Waals surface area (Å²) in [7, 11) is 1.96. The highest BCUT2D eigenvalue weighted by Gasteiger charge is 2.28. The lowest BCUT2D eigenvalue weighted by atomic mass is 10.0. The van der Waals surface area contributed by atoms with Gasteiger partial charge in [0.15, 0.2) is 0 Å². The molecule has 1 aromatic heterocycles. The largest absolute Gasteiger partial charge is 0.329 e. The fraction of sp³-hybridized carbons (Fsp3) is 0.769. The summed E-state index contributed by atoms with van der Waals surface area (Å²) >= 11 is 0. The van der Waals surface area contributed by atoms with E-state index < -0.39 is 0 Å². The van der Waals surface area contributed by atoms with Crippen LogP contribution in [0.1, 0.15) is 19.4 Å². The number of rotatable bonds is 4. The maximum absolute atomic E-state index is 5.83. The summed E-state index contributed by atoms with van der Waals surface area (Å²) in [5, 5.41) is 4.21. The Kier molecular flexibility index (Phi) is 4.04. The van der Waals surface area contributed by atoms with Crippen LogP contribution in [-0.4, -0.2) is 57.8 Å². The standard InChI is InChI=1S/C13H25N5/c1-13(2,11-14)18-6-4-17(5-7-18)10-12-8-15-16(3)9-12/h8-9H,4-7,10-11,14H2,1-3H3. The fourth-order valence-corrected chi connectivity index (χ4v) is 2.45.